The number of nitrogens with zero attached hydrogens (tertiary/aromatic N) is 2. The highest BCUT2D eigenvalue weighted by atomic mass is 16.2. The van der Waals surface area contributed by atoms with Crippen molar-refractivity contribution >= 4 is 17.7 Å². The number of hydrogen-bond acceptors (Lipinski definition) is 2. The van der Waals surface area contributed by atoms with Gasteiger partial charge in [0.2, 0.25) is 5.91 Å². The number of carbonyl (C=O) groups is 1. The van der Waals surface area contributed by atoms with Crippen molar-refractivity contribution in [1.82, 2.24) is 5.01 Å². The number of hydrogen-bond donors (Lipinski definition) is 0. The van der Waals surface area contributed by atoms with Gasteiger partial charge in [0.15, 0.2) is 0 Å². The monoisotopic (exact) mass is 278 g/mol. The average molecular weight is 278 g/mol. The van der Waals surface area contributed by atoms with Crippen molar-refractivity contribution in [3.05, 3.63) is 65.8 Å². The first-order valence-electron chi connectivity index (χ1n) is 7.20. The van der Waals surface area contributed by atoms with Gasteiger partial charge in [-0.1, -0.05) is 60.7 Å². The Balaban J connectivity index is 1.76. The molecule has 1 atom stereocenters. The third kappa shape index (κ3) is 3.02. The summed E-state index contributed by atoms with van der Waals surface area (Å²) in [4.78, 5) is 11.8. The molecule has 3 heteroatoms. The minimum atomic E-state index is -0.0146. The Morgan fingerprint density at radius 3 is 2.81 bits per heavy atom. The summed E-state index contributed by atoms with van der Waals surface area (Å²) in [6, 6.07) is 10.1. The third-order valence-electron chi connectivity index (χ3n) is 3.72. The van der Waals surface area contributed by atoms with Gasteiger partial charge in [0.1, 0.15) is 0 Å². The molecule has 0 spiro atoms. The molecule has 0 saturated heterocycles. The van der Waals surface area contributed by atoms with Gasteiger partial charge in [0, 0.05) is 13.3 Å². The van der Waals surface area contributed by atoms with Crippen LogP contribution in [-0.4, -0.2) is 22.7 Å². The Labute approximate surface area is 125 Å². The molecule has 0 N–H and O–H groups in total. The molecule has 3 nitrogen and oxygen atoms in total. The molecule has 0 fully saturated rings. The molecule has 21 heavy (non-hydrogen) atoms. The lowest BCUT2D eigenvalue weighted by Gasteiger charge is -2.16. The summed E-state index contributed by atoms with van der Waals surface area (Å²) in [5, 5.41) is 6.10. The Morgan fingerprint density at radius 2 is 2.14 bits per heavy atom. The van der Waals surface area contributed by atoms with Gasteiger partial charge in [-0.2, -0.15) is 5.10 Å². The Kier molecular flexibility index (Phi) is 3.82. The zero-order valence-corrected chi connectivity index (χ0v) is 12.1. The van der Waals surface area contributed by atoms with E-state index in [0.29, 0.717) is 0 Å². The fourth-order valence-corrected chi connectivity index (χ4v) is 2.63. The second kappa shape index (κ2) is 5.92. The van der Waals surface area contributed by atoms with Gasteiger partial charge < -0.3 is 0 Å². The summed E-state index contributed by atoms with van der Waals surface area (Å²) in [6.07, 6.45) is 12.1. The number of rotatable bonds is 3. The average Bonchev–Trinajstić information content (AvgIpc) is 3.15. The first kappa shape index (κ1) is 13.6. The van der Waals surface area contributed by atoms with Gasteiger partial charge in [-0.15, -0.1) is 0 Å². The predicted molar refractivity (Wildman–Crippen MR) is 85.7 cm³/mol. The van der Waals surface area contributed by atoms with E-state index in [2.05, 4.69) is 41.5 Å². The molecule has 2 aliphatic rings. The van der Waals surface area contributed by atoms with Gasteiger partial charge in [-0.05, 0) is 17.6 Å². The van der Waals surface area contributed by atoms with E-state index in [4.69, 9.17) is 0 Å². The normalized spacial score (nSPS) is 21.0. The number of carbonyl (C=O) groups excluding carboxylic acids is 1. The zero-order chi connectivity index (χ0) is 14.7. The second-order valence-electron chi connectivity index (χ2n) is 5.28. The van der Waals surface area contributed by atoms with E-state index < -0.39 is 0 Å². The van der Waals surface area contributed by atoms with Crippen LogP contribution >= 0.6 is 0 Å². The van der Waals surface area contributed by atoms with Crippen LogP contribution in [0.4, 0.5) is 0 Å². The summed E-state index contributed by atoms with van der Waals surface area (Å²) in [5.74, 6) is -0.0146. The maximum absolute atomic E-state index is 11.8. The topological polar surface area (TPSA) is 32.7 Å². The number of allylic oxidation sites excluding steroid dienone is 4. The van der Waals surface area contributed by atoms with Crippen LogP contribution in [-0.2, 0) is 4.79 Å². The third-order valence-corrected chi connectivity index (χ3v) is 3.72. The van der Waals surface area contributed by atoms with E-state index in [-0.39, 0.29) is 11.9 Å². The van der Waals surface area contributed by atoms with E-state index in [9.17, 15) is 4.79 Å². The lowest BCUT2D eigenvalue weighted by atomic mass is 10.0. The molecular formula is C18H18N2O. The van der Waals surface area contributed by atoms with Crippen LogP contribution in [0.25, 0.3) is 6.08 Å². The van der Waals surface area contributed by atoms with Gasteiger partial charge in [-0.25, -0.2) is 5.01 Å². The van der Waals surface area contributed by atoms with Crippen LogP contribution in [0.1, 0.15) is 25.3 Å². The molecule has 0 radical (unpaired) electrons. The summed E-state index contributed by atoms with van der Waals surface area (Å²) >= 11 is 0. The minimum absolute atomic E-state index is 0.0132. The van der Waals surface area contributed by atoms with Gasteiger partial charge in [0.25, 0.3) is 0 Å². The fourth-order valence-electron chi connectivity index (χ4n) is 2.63. The molecule has 0 saturated carbocycles. The molecule has 1 amide bonds. The molecule has 1 heterocycles. The summed E-state index contributed by atoms with van der Waals surface area (Å²) < 4.78 is 0. The summed E-state index contributed by atoms with van der Waals surface area (Å²) in [6.45, 7) is 1.57. The lowest BCUT2D eigenvalue weighted by Crippen LogP contribution is -2.29. The fraction of sp³-hybridized carbons (Fsp3) is 0.222. The summed E-state index contributed by atoms with van der Waals surface area (Å²) in [7, 11) is 0. The standard InChI is InChI=1S/C18H18N2O/c1-14(21)20-17(12-11-15-7-3-2-4-8-15)13-18(19-20)16-9-5-6-10-16/h2-9,11-12,17H,10,13H2,1H3. The van der Waals surface area contributed by atoms with E-state index in [0.717, 1.165) is 24.1 Å². The van der Waals surface area contributed by atoms with Crippen molar-refractivity contribution in [3.8, 4) is 0 Å². The molecule has 1 aromatic rings. The van der Waals surface area contributed by atoms with Crippen LogP contribution in [0.2, 0.25) is 0 Å². The van der Waals surface area contributed by atoms with Crippen molar-refractivity contribution in [1.29, 1.82) is 0 Å². The van der Waals surface area contributed by atoms with Crippen LogP contribution in [0.3, 0.4) is 0 Å². The van der Waals surface area contributed by atoms with Crippen molar-refractivity contribution in [2.75, 3.05) is 0 Å². The highest BCUT2D eigenvalue weighted by Crippen LogP contribution is 2.25. The molecule has 1 aliphatic heterocycles. The van der Waals surface area contributed by atoms with E-state index in [1.165, 1.54) is 5.57 Å². The van der Waals surface area contributed by atoms with Gasteiger partial charge >= 0.3 is 0 Å². The number of amides is 1. The molecule has 1 aliphatic carbocycles. The Morgan fingerprint density at radius 1 is 1.33 bits per heavy atom. The molecule has 1 unspecified atom stereocenters. The highest BCUT2D eigenvalue weighted by Gasteiger charge is 2.28. The van der Waals surface area contributed by atoms with Gasteiger partial charge in [-0.3, -0.25) is 4.79 Å². The SMILES string of the molecule is CC(=O)N1N=C(C2=CC=CC2)CC1C=Cc1ccccc1. The van der Waals surface area contributed by atoms with Crippen molar-refractivity contribution in [2.45, 2.75) is 25.8 Å². The maximum Gasteiger partial charge on any atom is 0.240 e. The van der Waals surface area contributed by atoms with Crippen LogP contribution < -0.4 is 0 Å². The smallest absolute Gasteiger partial charge is 0.240 e. The maximum atomic E-state index is 11.8. The molecule has 106 valence electrons. The minimum Gasteiger partial charge on any atom is -0.273 e. The second-order valence-corrected chi connectivity index (χ2v) is 5.28. The quantitative estimate of drug-likeness (QED) is 0.832. The first-order chi connectivity index (χ1) is 10.2. The molecular weight excluding hydrogens is 260 g/mol. The molecule has 3 rings (SSSR count). The Hall–Kier alpha value is -2.42. The predicted octanol–water partition coefficient (Wildman–Crippen LogP) is 3.56. The molecule has 1 aromatic carbocycles. The number of hydrazone groups is 1. The zero-order valence-electron chi connectivity index (χ0n) is 12.1. The van der Waals surface area contributed by atoms with Crippen LogP contribution in [0.5, 0.6) is 0 Å². The van der Waals surface area contributed by atoms with Crippen molar-refractivity contribution in [3.63, 3.8) is 0 Å². The molecule has 0 bridgehead atoms. The Bertz CT molecular complexity index is 653. The van der Waals surface area contributed by atoms with Crippen molar-refractivity contribution in [2.24, 2.45) is 5.10 Å². The van der Waals surface area contributed by atoms with Gasteiger partial charge in [0.05, 0.1) is 11.8 Å². The van der Waals surface area contributed by atoms with E-state index in [1.807, 2.05) is 24.3 Å². The van der Waals surface area contributed by atoms with Crippen molar-refractivity contribution < 1.29 is 4.79 Å². The number of benzene rings is 1. The van der Waals surface area contributed by atoms with Crippen LogP contribution in [0.15, 0.2) is 65.3 Å². The first-order valence-corrected chi connectivity index (χ1v) is 7.20. The highest BCUT2D eigenvalue weighted by molar-refractivity contribution is 6.03. The molecule has 0 aromatic heterocycles. The largest absolute Gasteiger partial charge is 0.273 e. The lowest BCUT2D eigenvalue weighted by molar-refractivity contribution is -0.129. The van der Waals surface area contributed by atoms with E-state index in [1.54, 1.807) is 11.9 Å². The summed E-state index contributed by atoms with van der Waals surface area (Å²) in [5.41, 5.74) is 3.38. The van der Waals surface area contributed by atoms with Crippen LogP contribution in [0, 0.1) is 0 Å². The van der Waals surface area contributed by atoms with E-state index >= 15 is 0 Å².